The number of hydrogen-bond donors (Lipinski definition) is 3. The van der Waals surface area contributed by atoms with Gasteiger partial charge in [0, 0.05) is 28.0 Å². The van der Waals surface area contributed by atoms with Gasteiger partial charge in [0.05, 0.1) is 39.0 Å². The smallest absolute Gasteiger partial charge is 0.265 e. The minimum Gasteiger partial charge on any atom is -0.386 e. The van der Waals surface area contributed by atoms with E-state index in [0.717, 1.165) is 38.5 Å². The molecule has 0 saturated carbocycles. The summed E-state index contributed by atoms with van der Waals surface area (Å²) in [5, 5.41) is 12.7. The van der Waals surface area contributed by atoms with Crippen molar-refractivity contribution in [1.29, 1.82) is 0 Å². The molecule has 0 spiro atoms. The number of carbonyl (C=O) groups excluding carboxylic acids is 1. The minimum absolute atomic E-state index is 0.155. The Kier molecular flexibility index (Phi) is 5.41. The Labute approximate surface area is 223 Å². The van der Waals surface area contributed by atoms with E-state index in [9.17, 15) is 14.7 Å². The first-order valence-electron chi connectivity index (χ1n) is 12.6. The number of benzene rings is 3. The van der Waals surface area contributed by atoms with Gasteiger partial charge in [-0.1, -0.05) is 36.4 Å². The zero-order valence-electron chi connectivity index (χ0n) is 22.0. The molecule has 0 fully saturated rings. The van der Waals surface area contributed by atoms with E-state index < -0.39 is 11.5 Å². The average molecular weight is 518 g/mol. The molecule has 0 unspecified atom stereocenters. The van der Waals surface area contributed by atoms with E-state index in [2.05, 4.69) is 9.97 Å². The predicted molar refractivity (Wildman–Crippen MR) is 153 cm³/mol. The van der Waals surface area contributed by atoms with Crippen LogP contribution in [-0.2, 0) is 5.60 Å². The molecule has 0 aliphatic heterocycles. The van der Waals surface area contributed by atoms with Crippen molar-refractivity contribution in [3.63, 3.8) is 0 Å². The summed E-state index contributed by atoms with van der Waals surface area (Å²) >= 11 is 0. The zero-order valence-corrected chi connectivity index (χ0v) is 22.0. The minimum atomic E-state index is -1.04. The number of nitrogens with one attached hydrogen (secondary N) is 1. The molecule has 3 aromatic heterocycles. The second-order valence-corrected chi connectivity index (χ2v) is 10.4. The summed E-state index contributed by atoms with van der Waals surface area (Å²) in [7, 11) is 0. The lowest BCUT2D eigenvalue weighted by Gasteiger charge is -2.17. The van der Waals surface area contributed by atoms with Crippen LogP contribution < -0.4 is 11.3 Å². The Bertz CT molecular complexity index is 2030. The fourth-order valence-corrected chi connectivity index (χ4v) is 5.29. The number of aliphatic hydroxyl groups is 1. The van der Waals surface area contributed by atoms with E-state index >= 15 is 0 Å². The molecule has 0 aliphatic carbocycles. The first-order chi connectivity index (χ1) is 18.6. The van der Waals surface area contributed by atoms with Crippen LogP contribution >= 0.6 is 0 Å². The number of nitrogens with zero attached hydrogens (tertiary/aromatic N) is 3. The zero-order chi connectivity index (χ0) is 27.6. The van der Waals surface area contributed by atoms with Gasteiger partial charge in [-0.05, 0) is 62.6 Å². The van der Waals surface area contributed by atoms with Crippen LogP contribution in [0.2, 0.25) is 0 Å². The summed E-state index contributed by atoms with van der Waals surface area (Å²) in [6, 6.07) is 16.9. The molecule has 6 aromatic rings. The number of aromatic nitrogens is 4. The van der Waals surface area contributed by atoms with Gasteiger partial charge >= 0.3 is 0 Å². The molecule has 0 radical (unpaired) electrons. The average Bonchev–Trinajstić information content (AvgIpc) is 3.28. The number of aryl methyl sites for hydroxylation is 1. The molecule has 0 saturated heterocycles. The van der Waals surface area contributed by atoms with Crippen LogP contribution in [-0.4, -0.2) is 30.5 Å². The number of para-hydroxylation sites is 1. The van der Waals surface area contributed by atoms with Crippen LogP contribution in [0.5, 0.6) is 0 Å². The van der Waals surface area contributed by atoms with Crippen molar-refractivity contribution in [3.05, 3.63) is 99.7 Å². The Morgan fingerprint density at radius 2 is 1.79 bits per heavy atom. The van der Waals surface area contributed by atoms with Crippen LogP contribution in [0, 0.1) is 13.8 Å². The van der Waals surface area contributed by atoms with Crippen LogP contribution in [0.1, 0.15) is 40.9 Å². The Hall–Kier alpha value is -4.82. The van der Waals surface area contributed by atoms with Crippen molar-refractivity contribution in [1.82, 2.24) is 19.5 Å². The molecule has 3 aromatic carbocycles. The van der Waals surface area contributed by atoms with Gasteiger partial charge in [-0.15, -0.1) is 0 Å². The third-order valence-electron chi connectivity index (χ3n) is 7.41. The molecule has 0 atom stereocenters. The number of hydrogen-bond acceptors (Lipinski definition) is 5. The van der Waals surface area contributed by atoms with Crippen molar-refractivity contribution in [2.24, 2.45) is 5.73 Å². The van der Waals surface area contributed by atoms with Gasteiger partial charge in [0.25, 0.3) is 11.5 Å². The maximum atomic E-state index is 13.5. The van der Waals surface area contributed by atoms with E-state index in [1.807, 2.05) is 62.4 Å². The van der Waals surface area contributed by atoms with Gasteiger partial charge in [0.1, 0.15) is 6.33 Å². The highest BCUT2D eigenvalue weighted by Gasteiger charge is 2.22. The fourth-order valence-electron chi connectivity index (χ4n) is 5.29. The topological polar surface area (TPSA) is 127 Å². The van der Waals surface area contributed by atoms with Crippen molar-refractivity contribution in [2.45, 2.75) is 33.3 Å². The molecular formula is C31H27N5O3. The highest BCUT2D eigenvalue weighted by molar-refractivity contribution is 6.19. The fraction of sp³-hybridized carbons (Fsp3) is 0.161. The van der Waals surface area contributed by atoms with Gasteiger partial charge in [0.15, 0.2) is 0 Å². The molecule has 0 aliphatic rings. The van der Waals surface area contributed by atoms with E-state index in [1.54, 1.807) is 30.8 Å². The number of nitrogens with two attached hydrogens (primary N) is 1. The van der Waals surface area contributed by atoms with Crippen LogP contribution in [0.25, 0.3) is 49.7 Å². The number of amides is 1. The highest BCUT2D eigenvalue weighted by atomic mass is 16.3. The van der Waals surface area contributed by atoms with Gasteiger partial charge in [0.2, 0.25) is 0 Å². The number of aromatic amines is 1. The summed E-state index contributed by atoms with van der Waals surface area (Å²) in [6.07, 6.45) is 3.04. The first kappa shape index (κ1) is 24.5. The normalized spacial score (nSPS) is 12.0. The number of H-pyrrole nitrogens is 1. The second kappa shape index (κ2) is 8.61. The molecular weight excluding hydrogens is 490 g/mol. The summed E-state index contributed by atoms with van der Waals surface area (Å²) < 4.78 is 1.56. The number of pyridine rings is 1. The molecule has 6 rings (SSSR count). The van der Waals surface area contributed by atoms with E-state index in [4.69, 9.17) is 10.7 Å². The maximum Gasteiger partial charge on any atom is 0.265 e. The summed E-state index contributed by atoms with van der Waals surface area (Å²) in [5.41, 5.74) is 11.4. The first-order valence-corrected chi connectivity index (χ1v) is 12.6. The molecule has 1 amide bonds. The Morgan fingerprint density at radius 1 is 1.03 bits per heavy atom. The lowest BCUT2D eigenvalue weighted by Crippen LogP contribution is -2.20. The summed E-state index contributed by atoms with van der Waals surface area (Å²) in [6.45, 7) is 7.31. The Morgan fingerprint density at radius 3 is 2.54 bits per heavy atom. The highest BCUT2D eigenvalue weighted by Crippen LogP contribution is 2.38. The predicted octanol–water partition coefficient (Wildman–Crippen LogP) is 5.03. The van der Waals surface area contributed by atoms with Crippen molar-refractivity contribution in [2.75, 3.05) is 0 Å². The number of primary amides is 1. The molecule has 39 heavy (non-hydrogen) atoms. The monoisotopic (exact) mass is 517 g/mol. The standard InChI is InChI=1S/C31H27N5O3/c1-16-7-5-9-21-26(16)34-15-36(30(21)38)24-10-6-8-19(17(24)2)27-25-20-12-11-18(31(3,4)39)13-23(20)35-28(25)22(14-33-27)29(32)37/h5-15,35,39H,1-4H3,(H2,32,37). The summed E-state index contributed by atoms with van der Waals surface area (Å²) in [5.74, 6) is -0.595. The largest absolute Gasteiger partial charge is 0.386 e. The third kappa shape index (κ3) is 3.80. The SMILES string of the molecule is Cc1c(-c2ncc(C(N)=O)c3[nH]c4cc(C(C)(C)O)ccc4c23)cccc1-n1cnc2c(C)cccc2c1=O. The second-order valence-electron chi connectivity index (χ2n) is 10.4. The summed E-state index contributed by atoms with van der Waals surface area (Å²) in [4.78, 5) is 38.4. The van der Waals surface area contributed by atoms with Crippen LogP contribution in [0.15, 0.2) is 71.9 Å². The quantitative estimate of drug-likeness (QED) is 0.302. The lowest BCUT2D eigenvalue weighted by molar-refractivity contribution is 0.0787. The number of fused-ring (bicyclic) bond motifs is 4. The number of rotatable bonds is 4. The van der Waals surface area contributed by atoms with Crippen molar-refractivity contribution < 1.29 is 9.90 Å². The molecule has 3 heterocycles. The van der Waals surface area contributed by atoms with Gasteiger partial charge in [-0.2, -0.15) is 0 Å². The van der Waals surface area contributed by atoms with Crippen molar-refractivity contribution >= 4 is 38.6 Å². The Balaban J connectivity index is 1.63. The molecule has 0 bridgehead atoms. The maximum absolute atomic E-state index is 13.5. The van der Waals surface area contributed by atoms with Gasteiger partial charge < -0.3 is 15.8 Å². The van der Waals surface area contributed by atoms with E-state index in [0.29, 0.717) is 27.8 Å². The van der Waals surface area contributed by atoms with Crippen molar-refractivity contribution in [3.8, 4) is 16.9 Å². The van der Waals surface area contributed by atoms with Crippen LogP contribution in [0.3, 0.4) is 0 Å². The molecule has 8 nitrogen and oxygen atoms in total. The molecule has 8 heteroatoms. The van der Waals surface area contributed by atoms with E-state index in [-0.39, 0.29) is 11.1 Å². The lowest BCUT2D eigenvalue weighted by atomic mass is 9.95. The molecule has 4 N–H and O–H groups in total. The number of carbonyl (C=O) groups is 1. The van der Waals surface area contributed by atoms with E-state index in [1.165, 1.54) is 6.20 Å². The third-order valence-corrected chi connectivity index (χ3v) is 7.41. The van der Waals surface area contributed by atoms with Gasteiger partial charge in [-0.3, -0.25) is 19.1 Å². The molecule has 194 valence electrons. The van der Waals surface area contributed by atoms with Crippen LogP contribution in [0.4, 0.5) is 0 Å². The van der Waals surface area contributed by atoms with Gasteiger partial charge in [-0.25, -0.2) is 4.98 Å².